The van der Waals surface area contributed by atoms with Crippen LogP contribution in [0, 0.1) is 0 Å². The first-order chi connectivity index (χ1) is 9.04. The van der Waals surface area contributed by atoms with Gasteiger partial charge in [0.05, 0.1) is 19.1 Å². The Morgan fingerprint density at radius 2 is 2.21 bits per heavy atom. The lowest BCUT2D eigenvalue weighted by atomic mass is 10.1. The molecular formula is C13H17Cl2NO3. The topological polar surface area (TPSA) is 58.6 Å². The Hall–Kier alpha value is -0.810. The highest BCUT2D eigenvalue weighted by Crippen LogP contribution is 2.25. The average Bonchev–Trinajstić information content (AvgIpc) is 2.37. The van der Waals surface area contributed by atoms with Gasteiger partial charge in [-0.05, 0) is 25.1 Å². The molecular weight excluding hydrogens is 289 g/mol. The molecule has 1 aromatic rings. The van der Waals surface area contributed by atoms with Gasteiger partial charge in [0.2, 0.25) is 0 Å². The molecule has 1 aromatic carbocycles. The Balaban J connectivity index is 2.37. The van der Waals surface area contributed by atoms with Crippen LogP contribution in [-0.4, -0.2) is 30.8 Å². The van der Waals surface area contributed by atoms with Crippen LogP contribution in [0.1, 0.15) is 25.0 Å². The number of nitrogens with one attached hydrogen (secondary N) is 1. The van der Waals surface area contributed by atoms with Crippen molar-refractivity contribution in [1.29, 1.82) is 0 Å². The molecule has 1 unspecified atom stereocenters. The monoisotopic (exact) mass is 305 g/mol. The van der Waals surface area contributed by atoms with Crippen LogP contribution >= 0.6 is 23.2 Å². The van der Waals surface area contributed by atoms with E-state index in [0.717, 1.165) is 0 Å². The van der Waals surface area contributed by atoms with Gasteiger partial charge >= 0.3 is 5.97 Å². The number of benzene rings is 1. The van der Waals surface area contributed by atoms with Gasteiger partial charge in [-0.3, -0.25) is 4.79 Å². The van der Waals surface area contributed by atoms with Gasteiger partial charge in [0.15, 0.2) is 0 Å². The smallest absolute Gasteiger partial charge is 0.307 e. The van der Waals surface area contributed by atoms with Gasteiger partial charge in [-0.15, -0.1) is 0 Å². The Morgan fingerprint density at radius 3 is 2.89 bits per heavy atom. The SMILES string of the molecule is CCOC(=O)CCNCC(O)c1cc(Cl)ccc1Cl. The maximum absolute atomic E-state index is 11.1. The molecule has 0 fully saturated rings. The molecule has 19 heavy (non-hydrogen) atoms. The minimum absolute atomic E-state index is 0.259. The molecule has 0 aliphatic heterocycles. The molecule has 106 valence electrons. The fourth-order valence-corrected chi connectivity index (χ4v) is 1.97. The van der Waals surface area contributed by atoms with Crippen molar-refractivity contribution < 1.29 is 14.6 Å². The van der Waals surface area contributed by atoms with Crippen molar-refractivity contribution in [1.82, 2.24) is 5.32 Å². The van der Waals surface area contributed by atoms with Crippen LogP contribution in [0.5, 0.6) is 0 Å². The quantitative estimate of drug-likeness (QED) is 0.600. The van der Waals surface area contributed by atoms with E-state index in [4.69, 9.17) is 27.9 Å². The number of hydrogen-bond acceptors (Lipinski definition) is 4. The minimum Gasteiger partial charge on any atom is -0.466 e. The summed E-state index contributed by atoms with van der Waals surface area (Å²) in [6, 6.07) is 4.93. The Labute approximate surface area is 122 Å². The third-order valence-corrected chi connectivity index (χ3v) is 3.05. The number of halogens is 2. The van der Waals surface area contributed by atoms with E-state index in [9.17, 15) is 9.90 Å². The van der Waals surface area contributed by atoms with Crippen molar-refractivity contribution in [3.05, 3.63) is 33.8 Å². The molecule has 0 heterocycles. The number of carbonyl (C=O) groups is 1. The summed E-state index contributed by atoms with van der Waals surface area (Å²) in [5.41, 5.74) is 0.567. The van der Waals surface area contributed by atoms with Gasteiger partial charge in [0, 0.05) is 28.7 Å². The third kappa shape index (κ3) is 5.78. The molecule has 0 aliphatic rings. The molecule has 0 aliphatic carbocycles. The number of ether oxygens (including phenoxy) is 1. The molecule has 0 aromatic heterocycles. The van der Waals surface area contributed by atoms with E-state index in [2.05, 4.69) is 5.32 Å². The van der Waals surface area contributed by atoms with Gasteiger partial charge in [-0.2, -0.15) is 0 Å². The highest BCUT2D eigenvalue weighted by atomic mass is 35.5. The van der Waals surface area contributed by atoms with Crippen LogP contribution in [0.25, 0.3) is 0 Å². The molecule has 6 heteroatoms. The third-order valence-electron chi connectivity index (χ3n) is 2.47. The summed E-state index contributed by atoms with van der Waals surface area (Å²) in [6.07, 6.45) is -0.502. The first kappa shape index (κ1) is 16.2. The molecule has 0 saturated heterocycles. The normalized spacial score (nSPS) is 12.2. The van der Waals surface area contributed by atoms with Crippen LogP contribution < -0.4 is 5.32 Å². The highest BCUT2D eigenvalue weighted by Gasteiger charge is 2.12. The van der Waals surface area contributed by atoms with Gasteiger partial charge < -0.3 is 15.2 Å². The van der Waals surface area contributed by atoms with E-state index in [0.29, 0.717) is 35.3 Å². The molecule has 1 rings (SSSR count). The van der Waals surface area contributed by atoms with Crippen LogP contribution in [0.4, 0.5) is 0 Å². The zero-order valence-corrected chi connectivity index (χ0v) is 12.2. The van der Waals surface area contributed by atoms with Crippen LogP contribution in [0.3, 0.4) is 0 Å². The fraction of sp³-hybridized carbons (Fsp3) is 0.462. The zero-order chi connectivity index (χ0) is 14.3. The van der Waals surface area contributed by atoms with Crippen molar-refractivity contribution in [2.75, 3.05) is 19.7 Å². The largest absolute Gasteiger partial charge is 0.466 e. The van der Waals surface area contributed by atoms with Crippen molar-refractivity contribution in [3.63, 3.8) is 0 Å². The van der Waals surface area contributed by atoms with E-state index < -0.39 is 6.10 Å². The van der Waals surface area contributed by atoms with Gasteiger partial charge in [0.1, 0.15) is 0 Å². The lowest BCUT2D eigenvalue weighted by Crippen LogP contribution is -2.24. The van der Waals surface area contributed by atoms with Gasteiger partial charge in [-0.1, -0.05) is 23.2 Å². The summed E-state index contributed by atoms with van der Waals surface area (Å²) < 4.78 is 4.79. The van der Waals surface area contributed by atoms with Gasteiger partial charge in [-0.25, -0.2) is 0 Å². The summed E-state index contributed by atoms with van der Waals surface area (Å²) in [4.78, 5) is 11.1. The number of aliphatic hydroxyl groups is 1. The van der Waals surface area contributed by atoms with E-state index in [-0.39, 0.29) is 12.4 Å². The number of rotatable bonds is 7. The molecule has 4 nitrogen and oxygen atoms in total. The number of hydrogen-bond donors (Lipinski definition) is 2. The molecule has 1 atom stereocenters. The first-order valence-corrected chi connectivity index (χ1v) is 6.79. The Kier molecular flexibility index (Phi) is 7.16. The second-order valence-corrected chi connectivity index (χ2v) is 4.78. The average molecular weight is 306 g/mol. The minimum atomic E-state index is -0.770. The van der Waals surface area contributed by atoms with Crippen molar-refractivity contribution in [3.8, 4) is 0 Å². The Morgan fingerprint density at radius 1 is 1.47 bits per heavy atom. The second-order valence-electron chi connectivity index (χ2n) is 3.94. The van der Waals surface area contributed by atoms with E-state index in [1.54, 1.807) is 25.1 Å². The zero-order valence-electron chi connectivity index (χ0n) is 10.7. The highest BCUT2D eigenvalue weighted by molar-refractivity contribution is 6.33. The summed E-state index contributed by atoms with van der Waals surface area (Å²) in [5, 5.41) is 13.9. The summed E-state index contributed by atoms with van der Waals surface area (Å²) in [6.45, 7) is 2.86. The standard InChI is InChI=1S/C13H17Cl2NO3/c1-2-19-13(18)5-6-16-8-12(17)10-7-9(14)3-4-11(10)15/h3-4,7,12,16-17H,2,5-6,8H2,1H3. The van der Waals surface area contributed by atoms with Crippen molar-refractivity contribution in [2.24, 2.45) is 0 Å². The number of aliphatic hydroxyl groups excluding tert-OH is 1. The second kappa shape index (κ2) is 8.38. The summed E-state index contributed by atoms with van der Waals surface area (Å²) in [5.74, 6) is -0.259. The summed E-state index contributed by atoms with van der Waals surface area (Å²) in [7, 11) is 0. The van der Waals surface area contributed by atoms with E-state index in [1.165, 1.54) is 0 Å². The van der Waals surface area contributed by atoms with Crippen molar-refractivity contribution in [2.45, 2.75) is 19.4 Å². The van der Waals surface area contributed by atoms with Crippen LogP contribution in [0.2, 0.25) is 10.0 Å². The number of carbonyl (C=O) groups excluding carboxylic acids is 1. The maximum atomic E-state index is 11.1. The molecule has 0 amide bonds. The predicted octanol–water partition coefficient (Wildman–Crippen LogP) is 2.57. The summed E-state index contributed by atoms with van der Waals surface area (Å²) >= 11 is 11.8. The van der Waals surface area contributed by atoms with Crippen molar-refractivity contribution >= 4 is 29.2 Å². The Bertz CT molecular complexity index is 426. The predicted molar refractivity (Wildman–Crippen MR) is 75.5 cm³/mol. The fourth-order valence-electron chi connectivity index (χ4n) is 1.54. The molecule has 0 radical (unpaired) electrons. The van der Waals surface area contributed by atoms with E-state index in [1.807, 2.05) is 0 Å². The number of esters is 1. The molecule has 0 bridgehead atoms. The maximum Gasteiger partial charge on any atom is 0.307 e. The van der Waals surface area contributed by atoms with Crippen LogP contribution in [-0.2, 0) is 9.53 Å². The first-order valence-electron chi connectivity index (χ1n) is 6.04. The molecule has 0 saturated carbocycles. The molecule has 2 N–H and O–H groups in total. The van der Waals surface area contributed by atoms with Gasteiger partial charge in [0.25, 0.3) is 0 Å². The lowest BCUT2D eigenvalue weighted by Gasteiger charge is -2.14. The molecule has 0 spiro atoms. The van der Waals surface area contributed by atoms with Crippen LogP contribution in [0.15, 0.2) is 18.2 Å². The lowest BCUT2D eigenvalue weighted by molar-refractivity contribution is -0.143. The van der Waals surface area contributed by atoms with E-state index >= 15 is 0 Å².